The summed E-state index contributed by atoms with van der Waals surface area (Å²) in [6.07, 6.45) is 0. The van der Waals surface area contributed by atoms with Crippen molar-refractivity contribution in [1.82, 2.24) is 14.8 Å². The summed E-state index contributed by atoms with van der Waals surface area (Å²) in [6, 6.07) is 16.7. The van der Waals surface area contributed by atoms with E-state index in [2.05, 4.69) is 21.7 Å². The maximum absolute atomic E-state index is 11.0. The molecule has 3 rings (SSSR count). The fourth-order valence-corrected chi connectivity index (χ4v) is 3.61. The van der Waals surface area contributed by atoms with E-state index in [0.717, 1.165) is 28.7 Å². The van der Waals surface area contributed by atoms with E-state index in [4.69, 9.17) is 0 Å². The minimum atomic E-state index is -0.372. The van der Waals surface area contributed by atoms with Crippen molar-refractivity contribution in [2.24, 2.45) is 0 Å². The fraction of sp³-hybridized carbons (Fsp3) is 0.222. The molecule has 1 heterocycles. The van der Waals surface area contributed by atoms with Gasteiger partial charge in [-0.3, -0.25) is 10.1 Å². The van der Waals surface area contributed by atoms with Crippen molar-refractivity contribution in [2.75, 3.05) is 0 Å². The molecule has 0 bridgehead atoms. The molecule has 1 aromatic heterocycles. The molecule has 0 saturated heterocycles. The highest BCUT2D eigenvalue weighted by atomic mass is 32.2. The van der Waals surface area contributed by atoms with Crippen molar-refractivity contribution in [3.05, 3.63) is 70.3 Å². The molecule has 128 valence electrons. The largest absolute Gasteiger partial charge is 0.302 e. The van der Waals surface area contributed by atoms with E-state index in [1.165, 1.54) is 6.07 Å². The van der Waals surface area contributed by atoms with Gasteiger partial charge in [0.15, 0.2) is 11.0 Å². The quantitative estimate of drug-likeness (QED) is 0.363. The first-order valence-corrected chi connectivity index (χ1v) is 8.87. The van der Waals surface area contributed by atoms with Gasteiger partial charge in [0, 0.05) is 29.5 Å². The van der Waals surface area contributed by atoms with Gasteiger partial charge >= 0.3 is 0 Å². The normalized spacial score (nSPS) is 12.1. The van der Waals surface area contributed by atoms with Crippen molar-refractivity contribution in [1.29, 1.82) is 0 Å². The Labute approximate surface area is 150 Å². The van der Waals surface area contributed by atoms with Crippen LogP contribution in [0.5, 0.6) is 0 Å². The Morgan fingerprint density at radius 1 is 1.16 bits per heavy atom. The number of aromatic nitrogens is 3. The van der Waals surface area contributed by atoms with Crippen LogP contribution in [0.1, 0.15) is 24.7 Å². The van der Waals surface area contributed by atoms with E-state index >= 15 is 0 Å². The lowest BCUT2D eigenvalue weighted by Gasteiger charge is -2.12. The van der Waals surface area contributed by atoms with Crippen LogP contribution in [-0.4, -0.2) is 19.7 Å². The molecule has 2 aromatic carbocycles. The topological polar surface area (TPSA) is 73.8 Å². The Hall–Kier alpha value is -2.67. The molecule has 3 aromatic rings. The molecule has 7 heteroatoms. The average molecular weight is 354 g/mol. The first-order valence-electron chi connectivity index (χ1n) is 7.99. The summed E-state index contributed by atoms with van der Waals surface area (Å²) < 4.78 is 2.06. The van der Waals surface area contributed by atoms with Crippen LogP contribution in [-0.2, 0) is 6.54 Å². The molecule has 1 atom stereocenters. The number of non-ortho nitro benzene ring substituents is 1. The minimum absolute atomic E-state index is 0.0259. The molecule has 0 unspecified atom stereocenters. The smallest absolute Gasteiger partial charge is 0.269 e. The van der Waals surface area contributed by atoms with Crippen LogP contribution >= 0.6 is 11.8 Å². The summed E-state index contributed by atoms with van der Waals surface area (Å²) in [5, 5.41) is 20.5. The second kappa shape index (κ2) is 7.48. The van der Waals surface area contributed by atoms with Gasteiger partial charge in [0.2, 0.25) is 0 Å². The van der Waals surface area contributed by atoms with Gasteiger partial charge in [0.25, 0.3) is 5.69 Å². The predicted octanol–water partition coefficient (Wildman–Crippen LogP) is 4.73. The molecule has 0 fully saturated rings. The van der Waals surface area contributed by atoms with Crippen molar-refractivity contribution in [2.45, 2.75) is 30.8 Å². The van der Waals surface area contributed by atoms with E-state index in [9.17, 15) is 10.1 Å². The summed E-state index contributed by atoms with van der Waals surface area (Å²) in [5.74, 6) is 0.830. The Kier molecular flexibility index (Phi) is 5.14. The number of nitrogens with zero attached hydrogens (tertiary/aromatic N) is 4. The summed E-state index contributed by atoms with van der Waals surface area (Å²) in [6.45, 7) is 4.82. The van der Waals surface area contributed by atoms with Crippen LogP contribution in [0.4, 0.5) is 5.69 Å². The van der Waals surface area contributed by atoms with Crippen LogP contribution in [0.25, 0.3) is 11.4 Å². The highest BCUT2D eigenvalue weighted by molar-refractivity contribution is 7.99. The van der Waals surface area contributed by atoms with Gasteiger partial charge in [0.1, 0.15) is 0 Å². The Morgan fingerprint density at radius 2 is 1.92 bits per heavy atom. The SMILES string of the molecule is CCn1c(S[C@@H](C)c2cccc([N+](=O)[O-])c2)nnc1-c1ccccc1. The highest BCUT2D eigenvalue weighted by Gasteiger charge is 2.18. The summed E-state index contributed by atoms with van der Waals surface area (Å²) in [7, 11) is 0. The molecule has 0 amide bonds. The number of nitro benzene ring substituents is 1. The third kappa shape index (κ3) is 3.71. The van der Waals surface area contributed by atoms with E-state index in [-0.39, 0.29) is 15.9 Å². The standard InChI is InChI=1S/C18H18N4O2S/c1-3-21-17(14-8-5-4-6-9-14)19-20-18(21)25-13(2)15-10-7-11-16(12-15)22(23)24/h4-13H,3H2,1-2H3/t13-/m0/s1. The maximum Gasteiger partial charge on any atom is 0.269 e. The predicted molar refractivity (Wildman–Crippen MR) is 98.5 cm³/mol. The van der Waals surface area contributed by atoms with Crippen LogP contribution < -0.4 is 0 Å². The molecule has 0 saturated carbocycles. The average Bonchev–Trinajstić information content (AvgIpc) is 3.05. The number of benzene rings is 2. The zero-order valence-electron chi connectivity index (χ0n) is 14.0. The van der Waals surface area contributed by atoms with E-state index in [1.807, 2.05) is 43.3 Å². The molecule has 6 nitrogen and oxygen atoms in total. The van der Waals surface area contributed by atoms with Crippen LogP contribution in [0.2, 0.25) is 0 Å². The Bertz CT molecular complexity index is 880. The molecule has 0 aliphatic rings. The zero-order valence-corrected chi connectivity index (χ0v) is 14.8. The van der Waals surface area contributed by atoms with Gasteiger partial charge in [-0.2, -0.15) is 0 Å². The lowest BCUT2D eigenvalue weighted by atomic mass is 10.1. The van der Waals surface area contributed by atoms with Crippen LogP contribution in [0.15, 0.2) is 59.8 Å². The first kappa shape index (κ1) is 17.2. The van der Waals surface area contributed by atoms with Gasteiger partial charge < -0.3 is 4.57 Å². The Morgan fingerprint density at radius 3 is 2.60 bits per heavy atom. The molecule has 0 N–H and O–H groups in total. The minimum Gasteiger partial charge on any atom is -0.302 e. The van der Waals surface area contributed by atoms with Crippen molar-refractivity contribution in [3.63, 3.8) is 0 Å². The number of nitro groups is 1. The van der Waals surface area contributed by atoms with Crippen molar-refractivity contribution in [3.8, 4) is 11.4 Å². The lowest BCUT2D eigenvalue weighted by molar-refractivity contribution is -0.384. The number of hydrogen-bond acceptors (Lipinski definition) is 5. The van der Waals surface area contributed by atoms with Crippen molar-refractivity contribution < 1.29 is 4.92 Å². The van der Waals surface area contributed by atoms with Gasteiger partial charge in [-0.15, -0.1) is 10.2 Å². The van der Waals surface area contributed by atoms with Crippen LogP contribution in [0, 0.1) is 10.1 Å². The lowest BCUT2D eigenvalue weighted by Crippen LogP contribution is -2.01. The summed E-state index contributed by atoms with van der Waals surface area (Å²) >= 11 is 1.55. The highest BCUT2D eigenvalue weighted by Crippen LogP contribution is 2.36. The van der Waals surface area contributed by atoms with E-state index in [1.54, 1.807) is 23.9 Å². The van der Waals surface area contributed by atoms with E-state index in [0.29, 0.717) is 0 Å². The third-order valence-electron chi connectivity index (χ3n) is 3.90. The molecule has 0 spiro atoms. The van der Waals surface area contributed by atoms with E-state index < -0.39 is 0 Å². The second-order valence-electron chi connectivity index (χ2n) is 5.53. The summed E-state index contributed by atoms with van der Waals surface area (Å²) in [5.41, 5.74) is 2.02. The fourth-order valence-electron chi connectivity index (χ4n) is 2.58. The number of rotatable bonds is 6. The third-order valence-corrected chi connectivity index (χ3v) is 5.04. The second-order valence-corrected chi connectivity index (χ2v) is 6.84. The van der Waals surface area contributed by atoms with Gasteiger partial charge in [-0.25, -0.2) is 0 Å². The number of thioether (sulfide) groups is 1. The zero-order chi connectivity index (χ0) is 17.8. The van der Waals surface area contributed by atoms with Gasteiger partial charge in [-0.05, 0) is 19.4 Å². The summed E-state index contributed by atoms with van der Waals surface area (Å²) in [4.78, 5) is 10.6. The van der Waals surface area contributed by atoms with Crippen molar-refractivity contribution >= 4 is 17.4 Å². The molecule has 0 radical (unpaired) electrons. The number of hydrogen-bond donors (Lipinski definition) is 0. The Balaban J connectivity index is 1.87. The monoisotopic (exact) mass is 354 g/mol. The molecular weight excluding hydrogens is 336 g/mol. The first-order chi connectivity index (χ1) is 12.1. The van der Waals surface area contributed by atoms with Gasteiger partial charge in [-0.1, -0.05) is 54.2 Å². The maximum atomic E-state index is 11.0. The molecule has 0 aliphatic carbocycles. The molecule has 25 heavy (non-hydrogen) atoms. The molecule has 0 aliphatic heterocycles. The molecular formula is C18H18N4O2S. The van der Waals surface area contributed by atoms with Gasteiger partial charge in [0.05, 0.1) is 4.92 Å². The van der Waals surface area contributed by atoms with Crippen LogP contribution in [0.3, 0.4) is 0 Å².